The quantitative estimate of drug-likeness (QED) is 0.359. The molecule has 0 spiro atoms. The van der Waals surface area contributed by atoms with Crippen LogP contribution in [0, 0.1) is 6.92 Å². The van der Waals surface area contributed by atoms with Crippen molar-refractivity contribution in [2.24, 2.45) is 0 Å². The first kappa shape index (κ1) is 27.6. The number of hydrogen-bond donors (Lipinski definition) is 0. The Hall–Kier alpha value is -2.99. The van der Waals surface area contributed by atoms with Gasteiger partial charge in [-0.2, -0.15) is 8.78 Å². The lowest BCUT2D eigenvalue weighted by molar-refractivity contribution is 0.103. The van der Waals surface area contributed by atoms with Crippen molar-refractivity contribution in [3.63, 3.8) is 0 Å². The van der Waals surface area contributed by atoms with E-state index in [1.807, 2.05) is 25.1 Å². The van der Waals surface area contributed by atoms with E-state index < -0.39 is 33.8 Å². The number of pyridine rings is 1. The largest absolute Gasteiger partial charge is 0.415 e. The molecule has 1 saturated carbocycles. The Morgan fingerprint density at radius 1 is 1.05 bits per heavy atom. The summed E-state index contributed by atoms with van der Waals surface area (Å²) in [6.45, 7) is 3.26. The number of anilines is 1. The first-order chi connectivity index (χ1) is 18.7. The third-order valence-corrected chi connectivity index (χ3v) is 9.91. The molecule has 39 heavy (non-hydrogen) atoms. The molecule has 2 aliphatic rings. The van der Waals surface area contributed by atoms with E-state index in [2.05, 4.69) is 20.1 Å². The van der Waals surface area contributed by atoms with Gasteiger partial charge in [-0.1, -0.05) is 12.1 Å². The number of piperidine rings is 1. The number of halogens is 3. The van der Waals surface area contributed by atoms with E-state index in [1.54, 1.807) is 18.2 Å². The minimum Gasteiger partial charge on any atom is -0.415 e. The summed E-state index contributed by atoms with van der Waals surface area (Å²) < 4.78 is 73.6. The molecule has 1 aliphatic carbocycles. The number of benzene rings is 1. The van der Waals surface area contributed by atoms with Crippen molar-refractivity contribution < 1.29 is 26.0 Å². The van der Waals surface area contributed by atoms with Gasteiger partial charge in [0, 0.05) is 12.2 Å². The summed E-state index contributed by atoms with van der Waals surface area (Å²) in [4.78, 5) is 6.70. The van der Waals surface area contributed by atoms with E-state index in [0.717, 1.165) is 18.4 Å². The first-order valence-corrected chi connectivity index (χ1v) is 14.7. The Kier molecular flexibility index (Phi) is 8.22. The number of nitrogens with zero attached hydrogens (tertiary/aromatic N) is 5. The summed E-state index contributed by atoms with van der Waals surface area (Å²) >= 11 is 0. The monoisotopic (exact) mass is 563 g/mol. The first-order valence-electron chi connectivity index (χ1n) is 13.2. The summed E-state index contributed by atoms with van der Waals surface area (Å²) in [5.41, 5.74) is 2.33. The molecule has 3 aromatic rings. The van der Waals surface area contributed by atoms with Crippen LogP contribution >= 0.6 is 0 Å². The van der Waals surface area contributed by atoms with Crippen LogP contribution in [-0.4, -0.2) is 59.1 Å². The van der Waals surface area contributed by atoms with Gasteiger partial charge >= 0.3 is 6.43 Å². The van der Waals surface area contributed by atoms with Crippen molar-refractivity contribution in [1.82, 2.24) is 20.1 Å². The zero-order valence-electron chi connectivity index (χ0n) is 21.7. The fraction of sp³-hybridized carbons (Fsp3) is 0.519. The molecule has 1 saturated heterocycles. The molecule has 8 nitrogen and oxygen atoms in total. The van der Waals surface area contributed by atoms with Crippen LogP contribution in [-0.2, 0) is 16.6 Å². The van der Waals surface area contributed by atoms with Gasteiger partial charge in [-0.3, -0.25) is 9.29 Å². The average molecular weight is 564 g/mol. The number of rotatable bonds is 8. The van der Waals surface area contributed by atoms with Gasteiger partial charge in [-0.25, -0.2) is 12.8 Å². The van der Waals surface area contributed by atoms with Gasteiger partial charge in [0.05, 0.1) is 28.7 Å². The van der Waals surface area contributed by atoms with Crippen molar-refractivity contribution in [3.8, 4) is 11.5 Å². The molecule has 5 rings (SSSR count). The topological polar surface area (TPSA) is 92.4 Å². The molecule has 0 N–H and O–H groups in total. The number of sulfonamides is 1. The summed E-state index contributed by atoms with van der Waals surface area (Å²) in [7, 11) is -3.74. The molecule has 2 fully saturated rings. The maximum atomic E-state index is 14.0. The maximum absolute atomic E-state index is 14.0. The molecule has 0 radical (unpaired) electrons. The Labute approximate surface area is 226 Å². The van der Waals surface area contributed by atoms with Crippen molar-refractivity contribution >= 4 is 15.7 Å². The Morgan fingerprint density at radius 3 is 2.41 bits per heavy atom. The lowest BCUT2D eigenvalue weighted by Gasteiger charge is -2.40. The van der Waals surface area contributed by atoms with E-state index in [4.69, 9.17) is 4.42 Å². The number of likely N-dealkylation sites (tertiary alicyclic amines) is 1. The number of aryl methyl sites for hydroxylation is 1. The molecule has 1 aliphatic heterocycles. The van der Waals surface area contributed by atoms with Gasteiger partial charge in [0.25, 0.3) is 5.89 Å². The van der Waals surface area contributed by atoms with Crippen molar-refractivity contribution in [3.05, 3.63) is 59.7 Å². The second-order valence-corrected chi connectivity index (χ2v) is 12.5. The standard InChI is InChI=1S/C27H32F3N5O3S/c1-18-3-2-4-23(15-18)35(17-21-8-5-19(16-31-21)26-32-33-27(38-26)25(29)30)39(36,37)24-11-13-34(14-12-24)22-9-6-20(28)7-10-22/h2-5,8,15-16,20,22,24-25H,6-7,9-14,17H2,1H3/t20-,22-. The Balaban J connectivity index is 1.33. The summed E-state index contributed by atoms with van der Waals surface area (Å²) in [5.74, 6) is -0.855. The predicted molar refractivity (Wildman–Crippen MR) is 141 cm³/mol. The van der Waals surface area contributed by atoms with Gasteiger partial charge in [0.2, 0.25) is 15.9 Å². The molecule has 0 unspecified atom stereocenters. The minimum atomic E-state index is -3.74. The second-order valence-electron chi connectivity index (χ2n) is 10.3. The molecular weight excluding hydrogens is 531 g/mol. The number of alkyl halides is 3. The van der Waals surface area contributed by atoms with Crippen LogP contribution in [0.5, 0.6) is 0 Å². The van der Waals surface area contributed by atoms with Crippen LogP contribution in [0.25, 0.3) is 11.5 Å². The fourth-order valence-electron chi connectivity index (χ4n) is 5.46. The third-order valence-electron chi connectivity index (χ3n) is 7.64. The highest BCUT2D eigenvalue weighted by atomic mass is 32.2. The third kappa shape index (κ3) is 6.27. The molecule has 0 amide bonds. The molecule has 1 aromatic carbocycles. The average Bonchev–Trinajstić information content (AvgIpc) is 3.43. The normalized spacial score (nSPS) is 21.4. The van der Waals surface area contributed by atoms with Gasteiger partial charge < -0.3 is 9.32 Å². The van der Waals surface area contributed by atoms with Gasteiger partial charge in [0.1, 0.15) is 6.17 Å². The fourth-order valence-corrected chi connectivity index (χ4v) is 7.35. The van der Waals surface area contributed by atoms with E-state index in [1.165, 1.54) is 10.5 Å². The van der Waals surface area contributed by atoms with E-state index >= 15 is 0 Å². The minimum absolute atomic E-state index is 0.0128. The van der Waals surface area contributed by atoms with E-state index in [-0.39, 0.29) is 12.4 Å². The van der Waals surface area contributed by atoms with Crippen molar-refractivity contribution in [1.29, 1.82) is 0 Å². The smallest absolute Gasteiger partial charge is 0.314 e. The maximum Gasteiger partial charge on any atom is 0.314 e. The molecule has 0 atom stereocenters. The lowest BCUT2D eigenvalue weighted by atomic mass is 9.91. The SMILES string of the molecule is Cc1cccc(N(Cc2ccc(-c3nnc(C(F)F)o3)cn2)S(=O)(=O)C2CCN([C@H]3CC[C@H](F)CC3)CC2)c1. The number of aromatic nitrogens is 3. The second kappa shape index (κ2) is 11.6. The van der Waals surface area contributed by atoms with E-state index in [9.17, 15) is 21.6 Å². The summed E-state index contributed by atoms with van der Waals surface area (Å²) in [6, 6.07) is 10.9. The lowest BCUT2D eigenvalue weighted by Crippen LogP contribution is -2.49. The van der Waals surface area contributed by atoms with Crippen molar-refractivity contribution in [2.75, 3.05) is 17.4 Å². The van der Waals surface area contributed by atoms with Crippen LogP contribution in [0.4, 0.5) is 18.9 Å². The number of hydrogen-bond acceptors (Lipinski definition) is 7. The van der Waals surface area contributed by atoms with Gasteiger partial charge in [-0.15, -0.1) is 10.2 Å². The van der Waals surface area contributed by atoms with E-state index in [0.29, 0.717) is 61.8 Å². The molecular formula is C27H32F3N5O3S. The van der Waals surface area contributed by atoms with Crippen LogP contribution in [0.1, 0.15) is 62.1 Å². The Bertz CT molecular complexity index is 1350. The molecule has 3 heterocycles. The summed E-state index contributed by atoms with van der Waals surface area (Å²) in [5, 5.41) is 6.42. The highest BCUT2D eigenvalue weighted by molar-refractivity contribution is 7.93. The van der Waals surface area contributed by atoms with Crippen LogP contribution in [0.3, 0.4) is 0 Å². The zero-order chi connectivity index (χ0) is 27.6. The van der Waals surface area contributed by atoms with Gasteiger partial charge in [-0.05, 0) is 88.4 Å². The zero-order valence-corrected chi connectivity index (χ0v) is 22.5. The summed E-state index contributed by atoms with van der Waals surface area (Å²) in [6.07, 6.45) is 1.64. The highest BCUT2D eigenvalue weighted by Gasteiger charge is 2.37. The molecule has 210 valence electrons. The van der Waals surface area contributed by atoms with Crippen LogP contribution in [0.15, 0.2) is 47.0 Å². The Morgan fingerprint density at radius 2 is 1.79 bits per heavy atom. The molecule has 0 bridgehead atoms. The molecule has 2 aromatic heterocycles. The van der Waals surface area contributed by atoms with Crippen molar-refractivity contribution in [2.45, 2.75) is 75.9 Å². The van der Waals surface area contributed by atoms with Gasteiger partial charge in [0.15, 0.2) is 0 Å². The molecule has 12 heteroatoms. The highest BCUT2D eigenvalue weighted by Crippen LogP contribution is 2.32. The van der Waals surface area contributed by atoms with Crippen LogP contribution < -0.4 is 4.31 Å². The predicted octanol–water partition coefficient (Wildman–Crippen LogP) is 5.46. The van der Waals surface area contributed by atoms with Crippen LogP contribution in [0.2, 0.25) is 0 Å².